The minimum atomic E-state index is -0.258. The first kappa shape index (κ1) is 21.8. The highest BCUT2D eigenvalue weighted by Gasteiger charge is 2.15. The fraction of sp³-hybridized carbons (Fsp3) is 0.304. The number of hydrogen-bond acceptors (Lipinski definition) is 5. The van der Waals surface area contributed by atoms with Crippen LogP contribution >= 0.6 is 11.8 Å². The second-order valence-electron chi connectivity index (χ2n) is 7.49. The van der Waals surface area contributed by atoms with E-state index in [1.165, 1.54) is 18.7 Å². The van der Waals surface area contributed by atoms with Crippen molar-refractivity contribution < 1.29 is 9.59 Å². The molecule has 0 fully saturated rings. The molecule has 6 nitrogen and oxygen atoms in total. The number of carbonyl (C=O) groups excluding carboxylic acids is 2. The molecule has 0 atom stereocenters. The van der Waals surface area contributed by atoms with Crippen LogP contribution < -0.4 is 10.9 Å². The molecule has 30 heavy (non-hydrogen) atoms. The van der Waals surface area contributed by atoms with Gasteiger partial charge in [-0.15, -0.1) is 0 Å². The molecule has 0 unspecified atom stereocenters. The lowest BCUT2D eigenvalue weighted by atomic mass is 10.1. The summed E-state index contributed by atoms with van der Waals surface area (Å²) in [6.45, 7) is 6.22. The van der Waals surface area contributed by atoms with E-state index >= 15 is 0 Å². The minimum absolute atomic E-state index is 0.0820. The highest BCUT2D eigenvalue weighted by atomic mass is 32.2. The van der Waals surface area contributed by atoms with Crippen molar-refractivity contribution in [3.05, 3.63) is 64.4 Å². The predicted octanol–water partition coefficient (Wildman–Crippen LogP) is 4.38. The molecule has 0 aliphatic rings. The third-order valence-corrected chi connectivity index (χ3v) is 5.65. The van der Waals surface area contributed by atoms with Crippen LogP contribution in [0.2, 0.25) is 0 Å². The summed E-state index contributed by atoms with van der Waals surface area (Å²) in [6, 6.07) is 14.1. The van der Waals surface area contributed by atoms with Crippen molar-refractivity contribution >= 4 is 40.0 Å². The van der Waals surface area contributed by atoms with Crippen molar-refractivity contribution in [1.82, 2.24) is 9.55 Å². The normalized spacial score (nSPS) is 11.1. The fourth-order valence-corrected chi connectivity index (χ4v) is 3.88. The summed E-state index contributed by atoms with van der Waals surface area (Å²) in [5, 5.41) is 3.88. The van der Waals surface area contributed by atoms with Crippen LogP contribution in [0.5, 0.6) is 0 Å². The van der Waals surface area contributed by atoms with Gasteiger partial charge in [-0.2, -0.15) is 0 Å². The molecule has 0 saturated carbocycles. The Kier molecular flexibility index (Phi) is 7.05. The summed E-state index contributed by atoms with van der Waals surface area (Å²) in [4.78, 5) is 41.9. The van der Waals surface area contributed by atoms with Crippen molar-refractivity contribution in [3.63, 3.8) is 0 Å². The number of carbonyl (C=O) groups is 2. The molecule has 1 heterocycles. The van der Waals surface area contributed by atoms with E-state index in [0.29, 0.717) is 39.8 Å². The van der Waals surface area contributed by atoms with Crippen molar-refractivity contribution in [2.45, 2.75) is 38.9 Å². The van der Waals surface area contributed by atoms with E-state index < -0.39 is 0 Å². The number of thioether (sulfide) groups is 1. The first-order valence-electron chi connectivity index (χ1n) is 9.89. The van der Waals surface area contributed by atoms with Crippen LogP contribution in [0, 0.1) is 5.92 Å². The van der Waals surface area contributed by atoms with Gasteiger partial charge in [0.1, 0.15) is 0 Å². The number of rotatable bonds is 8. The van der Waals surface area contributed by atoms with Crippen LogP contribution in [-0.4, -0.2) is 27.0 Å². The standard InChI is InChI=1S/C23H25N3O3S/c1-15(2)12-13-26-22(29)18-9-5-7-11-20(18)25-23(26)30-14-21(28)24-19-10-6-4-8-17(19)16(3)27/h4-11,15H,12-14H2,1-3H3,(H,24,28). The zero-order chi connectivity index (χ0) is 21.7. The number of amides is 1. The SMILES string of the molecule is CC(=O)c1ccccc1NC(=O)CSc1nc2ccccc2c(=O)n1CCC(C)C. The second kappa shape index (κ2) is 9.71. The summed E-state index contributed by atoms with van der Waals surface area (Å²) < 4.78 is 1.66. The number of nitrogens with zero attached hydrogens (tertiary/aromatic N) is 2. The maximum absolute atomic E-state index is 13.0. The number of hydrogen-bond donors (Lipinski definition) is 1. The van der Waals surface area contributed by atoms with Gasteiger partial charge in [-0.25, -0.2) is 4.98 Å². The first-order valence-corrected chi connectivity index (χ1v) is 10.9. The first-order chi connectivity index (χ1) is 14.4. The topological polar surface area (TPSA) is 81.1 Å². The van der Waals surface area contributed by atoms with Gasteiger partial charge in [0.25, 0.3) is 5.56 Å². The number of benzene rings is 2. The zero-order valence-electron chi connectivity index (χ0n) is 17.3. The van der Waals surface area contributed by atoms with Crippen molar-refractivity contribution in [3.8, 4) is 0 Å². The molecule has 0 spiro atoms. The van der Waals surface area contributed by atoms with Gasteiger partial charge in [-0.05, 0) is 43.5 Å². The zero-order valence-corrected chi connectivity index (χ0v) is 18.2. The summed E-state index contributed by atoms with van der Waals surface area (Å²) in [6.07, 6.45) is 0.839. The summed E-state index contributed by atoms with van der Waals surface area (Å²) in [5.41, 5.74) is 1.48. The molecule has 3 aromatic rings. The Morgan fingerprint density at radius 2 is 1.80 bits per heavy atom. The molecule has 7 heteroatoms. The predicted molar refractivity (Wildman–Crippen MR) is 121 cm³/mol. The minimum Gasteiger partial charge on any atom is -0.325 e. The van der Waals surface area contributed by atoms with E-state index in [4.69, 9.17) is 0 Å². The van der Waals surface area contributed by atoms with Crippen molar-refractivity contribution in [2.75, 3.05) is 11.1 Å². The molecule has 1 aromatic heterocycles. The lowest BCUT2D eigenvalue weighted by molar-refractivity contribution is -0.113. The number of para-hydroxylation sites is 2. The van der Waals surface area contributed by atoms with E-state index in [-0.39, 0.29) is 23.0 Å². The van der Waals surface area contributed by atoms with Crippen LogP contribution in [0.3, 0.4) is 0 Å². The van der Waals surface area contributed by atoms with Gasteiger partial charge in [0.2, 0.25) is 5.91 Å². The quantitative estimate of drug-likeness (QED) is 0.330. The Bertz CT molecular complexity index is 1140. The number of aromatic nitrogens is 2. The molecule has 1 N–H and O–H groups in total. The van der Waals surface area contributed by atoms with Crippen LogP contribution in [0.4, 0.5) is 5.69 Å². The molecule has 0 aliphatic carbocycles. The second-order valence-corrected chi connectivity index (χ2v) is 8.43. The number of anilines is 1. The Balaban J connectivity index is 1.82. The van der Waals surface area contributed by atoms with E-state index in [1.807, 2.05) is 12.1 Å². The largest absolute Gasteiger partial charge is 0.325 e. The van der Waals surface area contributed by atoms with Gasteiger partial charge in [0.15, 0.2) is 10.9 Å². The summed E-state index contributed by atoms with van der Waals surface area (Å²) in [7, 11) is 0. The van der Waals surface area contributed by atoms with E-state index in [1.54, 1.807) is 41.0 Å². The lowest BCUT2D eigenvalue weighted by Gasteiger charge is -2.14. The van der Waals surface area contributed by atoms with E-state index in [0.717, 1.165) is 6.42 Å². The smallest absolute Gasteiger partial charge is 0.262 e. The molecule has 156 valence electrons. The van der Waals surface area contributed by atoms with Crippen molar-refractivity contribution in [1.29, 1.82) is 0 Å². The Morgan fingerprint density at radius 1 is 1.10 bits per heavy atom. The average molecular weight is 424 g/mol. The Labute approximate surface area is 179 Å². The Morgan fingerprint density at radius 3 is 2.53 bits per heavy atom. The van der Waals surface area contributed by atoms with E-state index in [9.17, 15) is 14.4 Å². The molecule has 0 bridgehead atoms. The lowest BCUT2D eigenvalue weighted by Crippen LogP contribution is -2.25. The van der Waals surface area contributed by atoms with Gasteiger partial charge in [-0.1, -0.05) is 49.9 Å². The van der Waals surface area contributed by atoms with Gasteiger partial charge in [0, 0.05) is 12.1 Å². The van der Waals surface area contributed by atoms with E-state index in [2.05, 4.69) is 24.1 Å². The number of nitrogens with one attached hydrogen (secondary N) is 1. The van der Waals surface area contributed by atoms with Gasteiger partial charge >= 0.3 is 0 Å². The molecule has 0 saturated heterocycles. The maximum atomic E-state index is 13.0. The highest BCUT2D eigenvalue weighted by molar-refractivity contribution is 7.99. The van der Waals surface area contributed by atoms with Gasteiger partial charge in [0.05, 0.1) is 22.3 Å². The third kappa shape index (κ3) is 5.16. The fourth-order valence-electron chi connectivity index (χ4n) is 3.06. The molecular weight excluding hydrogens is 398 g/mol. The maximum Gasteiger partial charge on any atom is 0.262 e. The van der Waals surface area contributed by atoms with Crippen LogP contribution in [0.25, 0.3) is 10.9 Å². The highest BCUT2D eigenvalue weighted by Crippen LogP contribution is 2.20. The van der Waals surface area contributed by atoms with Crippen LogP contribution in [-0.2, 0) is 11.3 Å². The monoisotopic (exact) mass is 423 g/mol. The Hall–Kier alpha value is -2.93. The van der Waals surface area contributed by atoms with Gasteiger partial charge in [-0.3, -0.25) is 19.0 Å². The van der Waals surface area contributed by atoms with Crippen molar-refractivity contribution in [2.24, 2.45) is 5.92 Å². The molecular formula is C23H25N3O3S. The van der Waals surface area contributed by atoms with Crippen LogP contribution in [0.1, 0.15) is 37.6 Å². The average Bonchev–Trinajstić information content (AvgIpc) is 2.72. The van der Waals surface area contributed by atoms with Gasteiger partial charge < -0.3 is 5.32 Å². The molecule has 0 radical (unpaired) electrons. The molecule has 2 aromatic carbocycles. The number of Topliss-reactive ketones (excluding diaryl/α,β-unsaturated/α-hetero) is 1. The molecule has 1 amide bonds. The molecule has 3 rings (SSSR count). The molecule has 0 aliphatic heterocycles. The summed E-state index contributed by atoms with van der Waals surface area (Å²) in [5.74, 6) is 0.148. The van der Waals surface area contributed by atoms with Crippen LogP contribution in [0.15, 0.2) is 58.5 Å². The number of ketones is 1. The summed E-state index contributed by atoms with van der Waals surface area (Å²) >= 11 is 1.22. The third-order valence-electron chi connectivity index (χ3n) is 4.67. The number of fused-ring (bicyclic) bond motifs is 1.